The molecule has 3 aromatic rings. The van der Waals surface area contributed by atoms with E-state index in [2.05, 4.69) is 23.7 Å². The third-order valence-electron chi connectivity index (χ3n) is 7.02. The Kier molecular flexibility index (Phi) is 8.59. The highest BCUT2D eigenvalue weighted by molar-refractivity contribution is 7.15. The largest absolute Gasteiger partial charge is 0.488 e. The number of aliphatic carboxylic acids is 1. The summed E-state index contributed by atoms with van der Waals surface area (Å²) >= 11 is 7.33. The number of hydrogen-bond acceptors (Lipinski definition) is 7. The number of nitrogens with zero attached hydrogens (tertiary/aromatic N) is 3. The van der Waals surface area contributed by atoms with Crippen molar-refractivity contribution in [3.8, 4) is 16.9 Å². The average Bonchev–Trinajstić information content (AvgIpc) is 3.26. The summed E-state index contributed by atoms with van der Waals surface area (Å²) in [5.41, 5.74) is 4.53. The molecular formula is C30H38ClN3O4S. The fourth-order valence-electron chi connectivity index (χ4n) is 4.98. The molecule has 0 spiro atoms. The van der Waals surface area contributed by atoms with Gasteiger partial charge in [-0.3, -0.25) is 4.98 Å². The van der Waals surface area contributed by atoms with E-state index < -0.39 is 17.7 Å². The lowest BCUT2D eigenvalue weighted by atomic mass is 9.82. The van der Waals surface area contributed by atoms with Crippen LogP contribution in [0.2, 0.25) is 4.47 Å². The second-order valence-corrected chi connectivity index (χ2v) is 13.6. The van der Waals surface area contributed by atoms with Gasteiger partial charge in [-0.1, -0.05) is 37.6 Å². The first-order chi connectivity index (χ1) is 18.2. The van der Waals surface area contributed by atoms with Gasteiger partial charge in [0.1, 0.15) is 12.4 Å². The molecule has 7 nitrogen and oxygen atoms in total. The van der Waals surface area contributed by atoms with Crippen LogP contribution in [0.15, 0.2) is 30.5 Å². The molecule has 3 heterocycles. The van der Waals surface area contributed by atoms with Gasteiger partial charge in [0.2, 0.25) is 0 Å². The number of anilines is 1. The zero-order chi connectivity index (χ0) is 28.5. The molecule has 1 aliphatic heterocycles. The Labute approximate surface area is 240 Å². The van der Waals surface area contributed by atoms with E-state index in [1.165, 1.54) is 11.3 Å². The van der Waals surface area contributed by atoms with E-state index in [1.807, 2.05) is 58.9 Å². The molecule has 1 aromatic carbocycles. The summed E-state index contributed by atoms with van der Waals surface area (Å²) < 4.78 is 12.6. The number of rotatable bonds is 8. The minimum Gasteiger partial charge on any atom is -0.488 e. The first kappa shape index (κ1) is 29.3. The molecule has 1 atom stereocenters. The molecule has 0 bridgehead atoms. The van der Waals surface area contributed by atoms with Gasteiger partial charge in [-0.05, 0) is 70.6 Å². The van der Waals surface area contributed by atoms with E-state index in [9.17, 15) is 9.90 Å². The minimum atomic E-state index is -1.14. The summed E-state index contributed by atoms with van der Waals surface area (Å²) in [5, 5.41) is 10.3. The third-order valence-corrected chi connectivity index (χ3v) is 8.11. The highest BCUT2D eigenvalue weighted by atomic mass is 35.5. The maximum atomic E-state index is 12.6. The third kappa shape index (κ3) is 7.10. The fraction of sp³-hybridized carbons (Fsp3) is 0.500. The first-order valence-electron chi connectivity index (χ1n) is 13.2. The van der Waals surface area contributed by atoms with Gasteiger partial charge in [0.15, 0.2) is 10.6 Å². The second-order valence-electron chi connectivity index (χ2n) is 11.9. The number of carboxylic acids is 1. The Hall–Kier alpha value is -2.68. The van der Waals surface area contributed by atoms with Crippen molar-refractivity contribution in [2.24, 2.45) is 5.41 Å². The van der Waals surface area contributed by atoms with Crippen LogP contribution in [0.1, 0.15) is 75.4 Å². The van der Waals surface area contributed by atoms with E-state index in [-0.39, 0.29) is 5.41 Å². The molecule has 0 aliphatic carbocycles. The van der Waals surface area contributed by atoms with Gasteiger partial charge in [0.25, 0.3) is 0 Å². The van der Waals surface area contributed by atoms with Crippen LogP contribution < -0.4 is 9.64 Å². The van der Waals surface area contributed by atoms with Crippen LogP contribution in [0.5, 0.6) is 5.75 Å². The zero-order valence-corrected chi connectivity index (χ0v) is 25.4. The van der Waals surface area contributed by atoms with E-state index in [1.54, 1.807) is 6.20 Å². The predicted molar refractivity (Wildman–Crippen MR) is 157 cm³/mol. The molecule has 2 aromatic heterocycles. The van der Waals surface area contributed by atoms with Crippen molar-refractivity contribution in [1.29, 1.82) is 0 Å². The molecule has 1 saturated heterocycles. The first-order valence-corrected chi connectivity index (χ1v) is 14.4. The van der Waals surface area contributed by atoms with Crippen molar-refractivity contribution in [1.82, 2.24) is 9.97 Å². The molecule has 1 fully saturated rings. The maximum Gasteiger partial charge on any atom is 0.337 e. The van der Waals surface area contributed by atoms with Crippen LogP contribution in [0, 0.1) is 19.3 Å². The number of carbonyl (C=O) groups is 1. The topological polar surface area (TPSA) is 84.8 Å². The van der Waals surface area contributed by atoms with Gasteiger partial charge in [-0.15, -0.1) is 11.3 Å². The van der Waals surface area contributed by atoms with Crippen LogP contribution in [-0.4, -0.2) is 39.7 Å². The molecular weight excluding hydrogens is 534 g/mol. The van der Waals surface area contributed by atoms with Gasteiger partial charge >= 0.3 is 5.97 Å². The Morgan fingerprint density at radius 3 is 2.33 bits per heavy atom. The molecule has 1 unspecified atom stereocenters. The van der Waals surface area contributed by atoms with E-state index in [4.69, 9.17) is 26.1 Å². The maximum absolute atomic E-state index is 12.6. The Bertz CT molecular complexity index is 1320. The number of pyridine rings is 1. The zero-order valence-electron chi connectivity index (χ0n) is 23.8. The van der Waals surface area contributed by atoms with Crippen molar-refractivity contribution in [2.45, 2.75) is 79.6 Å². The van der Waals surface area contributed by atoms with Crippen molar-refractivity contribution in [2.75, 3.05) is 18.0 Å². The number of hydrogen-bond donors (Lipinski definition) is 1. The van der Waals surface area contributed by atoms with Gasteiger partial charge in [0, 0.05) is 41.8 Å². The van der Waals surface area contributed by atoms with Crippen molar-refractivity contribution in [3.05, 3.63) is 56.8 Å². The normalized spacial score (nSPS) is 16.3. The molecule has 1 aliphatic rings. The number of thiazole rings is 1. The number of piperidine rings is 1. The lowest BCUT2D eigenvalue weighted by molar-refractivity contribution is -0.160. The summed E-state index contributed by atoms with van der Waals surface area (Å²) in [5.74, 6) is -0.294. The van der Waals surface area contributed by atoms with Crippen LogP contribution in [0.4, 0.5) is 5.69 Å². The molecule has 0 amide bonds. The molecule has 0 saturated carbocycles. The SMILES string of the molecule is Cc1nc(C)c(C(OC(C)(C)C)C(=O)O)c(N2CCC(C)(C)CC2)c1-c1ccc(OCc2cnc(Cl)s2)cc1. The second kappa shape index (κ2) is 11.4. The summed E-state index contributed by atoms with van der Waals surface area (Å²) in [6.45, 7) is 16.1. The van der Waals surface area contributed by atoms with Crippen molar-refractivity contribution < 1.29 is 19.4 Å². The van der Waals surface area contributed by atoms with Crippen LogP contribution >= 0.6 is 22.9 Å². The Balaban J connectivity index is 1.79. The summed E-state index contributed by atoms with van der Waals surface area (Å²) in [4.78, 5) is 24.8. The monoisotopic (exact) mass is 571 g/mol. The van der Waals surface area contributed by atoms with E-state index in [0.717, 1.165) is 59.1 Å². The standard InChI is InChI=1S/C30H38ClN3O4S/c1-18-23(20-8-10-21(11-9-20)37-17-22-16-32-28(31)39-22)25(34-14-12-30(6,7)13-15-34)24(19(2)33-18)26(27(35)36)38-29(3,4)5/h8-11,16,26H,12-15,17H2,1-7H3,(H,35,36). The van der Waals surface area contributed by atoms with E-state index in [0.29, 0.717) is 22.3 Å². The van der Waals surface area contributed by atoms with Gasteiger partial charge < -0.3 is 19.5 Å². The lowest BCUT2D eigenvalue weighted by Gasteiger charge is -2.41. The van der Waals surface area contributed by atoms with Crippen LogP contribution in [-0.2, 0) is 16.1 Å². The number of benzene rings is 1. The molecule has 4 rings (SSSR count). The number of aryl methyl sites for hydroxylation is 2. The van der Waals surface area contributed by atoms with Crippen LogP contribution in [0.3, 0.4) is 0 Å². The molecule has 1 N–H and O–H groups in total. The summed E-state index contributed by atoms with van der Waals surface area (Å²) in [6.07, 6.45) is 2.60. The number of halogens is 1. The quantitative estimate of drug-likeness (QED) is 0.297. The number of carboxylic acid groups (broad SMARTS) is 1. The molecule has 39 heavy (non-hydrogen) atoms. The molecule has 9 heteroatoms. The molecule has 210 valence electrons. The van der Waals surface area contributed by atoms with Crippen LogP contribution in [0.25, 0.3) is 11.1 Å². The fourth-order valence-corrected chi connectivity index (χ4v) is 5.87. The Morgan fingerprint density at radius 1 is 1.15 bits per heavy atom. The highest BCUT2D eigenvalue weighted by Gasteiger charge is 2.36. The molecule has 0 radical (unpaired) electrons. The van der Waals surface area contributed by atoms with Crippen molar-refractivity contribution >= 4 is 34.6 Å². The van der Waals surface area contributed by atoms with Gasteiger partial charge in [-0.2, -0.15) is 0 Å². The highest BCUT2D eigenvalue weighted by Crippen LogP contribution is 2.45. The lowest BCUT2D eigenvalue weighted by Crippen LogP contribution is -2.39. The number of ether oxygens (including phenoxy) is 2. The smallest absolute Gasteiger partial charge is 0.337 e. The predicted octanol–water partition coefficient (Wildman–Crippen LogP) is 7.62. The average molecular weight is 572 g/mol. The van der Waals surface area contributed by atoms with Gasteiger partial charge in [-0.25, -0.2) is 9.78 Å². The summed E-state index contributed by atoms with van der Waals surface area (Å²) in [6, 6.07) is 7.88. The minimum absolute atomic E-state index is 0.239. The van der Waals surface area contributed by atoms with E-state index >= 15 is 0 Å². The van der Waals surface area contributed by atoms with Crippen molar-refractivity contribution in [3.63, 3.8) is 0 Å². The van der Waals surface area contributed by atoms with Gasteiger partial charge in [0.05, 0.1) is 16.2 Å². The number of aromatic nitrogens is 2. The summed E-state index contributed by atoms with van der Waals surface area (Å²) in [7, 11) is 0. The Morgan fingerprint density at radius 2 is 1.79 bits per heavy atom.